The molecule has 1 aliphatic rings. The Morgan fingerprint density at radius 2 is 1.95 bits per heavy atom. The Morgan fingerprint density at radius 1 is 1.23 bits per heavy atom. The van der Waals surface area contributed by atoms with E-state index in [0.717, 1.165) is 18.2 Å². The van der Waals surface area contributed by atoms with Crippen LogP contribution < -0.4 is 5.32 Å². The first-order valence-electron chi connectivity index (χ1n) is 7.03. The van der Waals surface area contributed by atoms with Crippen molar-refractivity contribution in [2.75, 3.05) is 13.2 Å². The molecule has 1 aromatic carbocycles. The number of H-pyrrole nitrogens is 1. The van der Waals surface area contributed by atoms with E-state index in [2.05, 4.69) is 10.4 Å². The molecule has 2 atom stereocenters. The number of alkyl halides is 3. The molecule has 0 amide bonds. The summed E-state index contributed by atoms with van der Waals surface area (Å²) in [5, 5.41) is 9.07. The standard InChI is InChI=1S/C15H16F3N3O/c1-9-14(22-7-6-19-9)11-4-2-10(3-5-11)12-8-13(21-20-12)15(16,17)18/h2-5,8-9,14,19H,6-7H2,1H3,(H,20,21)/t9-,14+/m0/s1. The number of hydrogen-bond acceptors (Lipinski definition) is 3. The minimum absolute atomic E-state index is 0.0484. The molecule has 1 aliphatic heterocycles. The number of rotatable bonds is 2. The lowest BCUT2D eigenvalue weighted by atomic mass is 10.00. The van der Waals surface area contributed by atoms with Gasteiger partial charge in [-0.05, 0) is 18.6 Å². The molecule has 2 aromatic rings. The van der Waals surface area contributed by atoms with Crippen LogP contribution in [0.25, 0.3) is 11.3 Å². The molecule has 2 N–H and O–H groups in total. The Balaban J connectivity index is 1.80. The maximum atomic E-state index is 12.6. The van der Waals surface area contributed by atoms with Crippen LogP contribution in [0.1, 0.15) is 24.3 Å². The second-order valence-electron chi connectivity index (χ2n) is 5.32. The molecule has 7 heteroatoms. The fourth-order valence-corrected chi connectivity index (χ4v) is 2.57. The third kappa shape index (κ3) is 3.00. The molecule has 0 saturated carbocycles. The molecule has 1 fully saturated rings. The fourth-order valence-electron chi connectivity index (χ4n) is 2.57. The largest absolute Gasteiger partial charge is 0.432 e. The molecular weight excluding hydrogens is 295 g/mol. The van der Waals surface area contributed by atoms with Gasteiger partial charge in [-0.25, -0.2) is 0 Å². The van der Waals surface area contributed by atoms with E-state index in [4.69, 9.17) is 4.74 Å². The Labute approximate surface area is 125 Å². The monoisotopic (exact) mass is 311 g/mol. The molecule has 3 rings (SSSR count). The summed E-state index contributed by atoms with van der Waals surface area (Å²) in [5.74, 6) is 0. The highest BCUT2D eigenvalue weighted by Crippen LogP contribution is 2.31. The van der Waals surface area contributed by atoms with E-state index in [1.165, 1.54) is 0 Å². The van der Waals surface area contributed by atoms with Crippen LogP contribution in [0.3, 0.4) is 0 Å². The van der Waals surface area contributed by atoms with Crippen molar-refractivity contribution in [2.24, 2.45) is 0 Å². The smallest absolute Gasteiger partial charge is 0.371 e. The SMILES string of the molecule is C[C@@H]1NCCO[C@H]1c1ccc(-c2cc(C(F)(F)F)[nH]n2)cc1. The first-order chi connectivity index (χ1) is 10.4. The molecule has 4 nitrogen and oxygen atoms in total. The lowest BCUT2D eigenvalue weighted by molar-refractivity contribution is -0.141. The maximum absolute atomic E-state index is 12.6. The number of nitrogens with zero attached hydrogens (tertiary/aromatic N) is 1. The molecule has 0 unspecified atom stereocenters. The summed E-state index contributed by atoms with van der Waals surface area (Å²) in [7, 11) is 0. The van der Waals surface area contributed by atoms with Gasteiger partial charge in [0.25, 0.3) is 0 Å². The van der Waals surface area contributed by atoms with Crippen LogP contribution in [0, 0.1) is 0 Å². The van der Waals surface area contributed by atoms with Crippen molar-refractivity contribution >= 4 is 0 Å². The van der Waals surface area contributed by atoms with E-state index in [-0.39, 0.29) is 17.8 Å². The number of ether oxygens (including phenoxy) is 1. The summed E-state index contributed by atoms with van der Waals surface area (Å²) >= 11 is 0. The predicted molar refractivity (Wildman–Crippen MR) is 75.2 cm³/mol. The third-order valence-electron chi connectivity index (χ3n) is 3.74. The number of morpholine rings is 1. The second-order valence-corrected chi connectivity index (χ2v) is 5.32. The van der Waals surface area contributed by atoms with Crippen molar-refractivity contribution in [3.8, 4) is 11.3 Å². The first kappa shape index (κ1) is 15.1. The van der Waals surface area contributed by atoms with Crippen molar-refractivity contribution in [3.63, 3.8) is 0 Å². The summed E-state index contributed by atoms with van der Waals surface area (Å²) in [6.07, 6.45) is -4.46. The van der Waals surface area contributed by atoms with E-state index in [9.17, 15) is 13.2 Å². The third-order valence-corrected chi connectivity index (χ3v) is 3.74. The minimum atomic E-state index is -4.41. The zero-order valence-corrected chi connectivity index (χ0v) is 11.9. The fraction of sp³-hybridized carbons (Fsp3) is 0.400. The number of hydrogen-bond donors (Lipinski definition) is 2. The van der Waals surface area contributed by atoms with Gasteiger partial charge >= 0.3 is 6.18 Å². The van der Waals surface area contributed by atoms with Gasteiger partial charge in [-0.2, -0.15) is 18.3 Å². The number of aromatic nitrogens is 2. The summed E-state index contributed by atoms with van der Waals surface area (Å²) in [5.41, 5.74) is 1.05. The molecule has 118 valence electrons. The summed E-state index contributed by atoms with van der Waals surface area (Å²) in [6, 6.07) is 8.46. The molecular formula is C15H16F3N3O. The van der Waals surface area contributed by atoms with Crippen molar-refractivity contribution in [2.45, 2.75) is 25.2 Å². The molecule has 1 saturated heterocycles. The normalized spacial score (nSPS) is 22.7. The van der Waals surface area contributed by atoms with Gasteiger partial charge in [-0.3, -0.25) is 5.10 Å². The average molecular weight is 311 g/mol. The second kappa shape index (κ2) is 5.73. The summed E-state index contributed by atoms with van der Waals surface area (Å²) in [6.45, 7) is 3.51. The quantitative estimate of drug-likeness (QED) is 0.896. The number of halogens is 3. The van der Waals surface area contributed by atoms with E-state index in [0.29, 0.717) is 12.2 Å². The van der Waals surface area contributed by atoms with E-state index < -0.39 is 11.9 Å². The van der Waals surface area contributed by atoms with Gasteiger partial charge in [-0.1, -0.05) is 24.3 Å². The van der Waals surface area contributed by atoms with Crippen molar-refractivity contribution in [1.82, 2.24) is 15.5 Å². The Bertz CT molecular complexity index is 636. The van der Waals surface area contributed by atoms with Crippen molar-refractivity contribution < 1.29 is 17.9 Å². The lowest BCUT2D eigenvalue weighted by Gasteiger charge is -2.30. The van der Waals surface area contributed by atoms with Gasteiger partial charge in [0, 0.05) is 18.2 Å². The molecule has 0 bridgehead atoms. The molecule has 22 heavy (non-hydrogen) atoms. The van der Waals surface area contributed by atoms with Crippen LogP contribution in [-0.4, -0.2) is 29.4 Å². The van der Waals surface area contributed by atoms with Gasteiger partial charge < -0.3 is 10.1 Å². The first-order valence-corrected chi connectivity index (χ1v) is 7.03. The minimum Gasteiger partial charge on any atom is -0.371 e. The number of nitrogens with one attached hydrogen (secondary N) is 2. The highest BCUT2D eigenvalue weighted by Gasteiger charge is 2.33. The Hall–Kier alpha value is -1.86. The number of aromatic amines is 1. The lowest BCUT2D eigenvalue weighted by Crippen LogP contribution is -2.41. The van der Waals surface area contributed by atoms with Crippen LogP contribution in [0.2, 0.25) is 0 Å². The zero-order chi connectivity index (χ0) is 15.7. The molecule has 0 aliphatic carbocycles. The van der Waals surface area contributed by atoms with Crippen molar-refractivity contribution in [3.05, 3.63) is 41.6 Å². The average Bonchev–Trinajstić information content (AvgIpc) is 2.98. The van der Waals surface area contributed by atoms with Gasteiger partial charge in [-0.15, -0.1) is 0 Å². The van der Waals surface area contributed by atoms with E-state index in [1.54, 1.807) is 12.1 Å². The van der Waals surface area contributed by atoms with Gasteiger partial charge in [0.05, 0.1) is 18.4 Å². The van der Waals surface area contributed by atoms with Crippen molar-refractivity contribution in [1.29, 1.82) is 0 Å². The van der Waals surface area contributed by atoms with Crippen LogP contribution in [0.15, 0.2) is 30.3 Å². The molecule has 1 aromatic heterocycles. The van der Waals surface area contributed by atoms with Gasteiger partial charge in [0.15, 0.2) is 0 Å². The zero-order valence-electron chi connectivity index (χ0n) is 11.9. The molecule has 0 radical (unpaired) electrons. The maximum Gasteiger partial charge on any atom is 0.432 e. The molecule has 2 heterocycles. The van der Waals surface area contributed by atoms with Gasteiger partial charge in [0.2, 0.25) is 0 Å². The van der Waals surface area contributed by atoms with Gasteiger partial charge in [0.1, 0.15) is 5.69 Å². The topological polar surface area (TPSA) is 49.9 Å². The Morgan fingerprint density at radius 3 is 2.55 bits per heavy atom. The van der Waals surface area contributed by atoms with Crippen LogP contribution >= 0.6 is 0 Å². The predicted octanol–water partition coefficient (Wildman–Crippen LogP) is 3.14. The Kier molecular flexibility index (Phi) is 3.92. The highest BCUT2D eigenvalue weighted by atomic mass is 19.4. The summed E-state index contributed by atoms with van der Waals surface area (Å²) in [4.78, 5) is 0. The number of benzene rings is 1. The van der Waals surface area contributed by atoms with Crippen LogP contribution in [-0.2, 0) is 10.9 Å². The highest BCUT2D eigenvalue weighted by molar-refractivity contribution is 5.60. The van der Waals surface area contributed by atoms with E-state index in [1.807, 2.05) is 24.2 Å². The van der Waals surface area contributed by atoms with Crippen LogP contribution in [0.5, 0.6) is 0 Å². The van der Waals surface area contributed by atoms with Crippen LogP contribution in [0.4, 0.5) is 13.2 Å². The summed E-state index contributed by atoms with van der Waals surface area (Å²) < 4.78 is 43.5. The van der Waals surface area contributed by atoms with E-state index >= 15 is 0 Å². The molecule has 0 spiro atoms.